The van der Waals surface area contributed by atoms with Crippen LogP contribution < -0.4 is 14.8 Å². The molecule has 0 unspecified atom stereocenters. The highest BCUT2D eigenvalue weighted by Gasteiger charge is 2.17. The Balaban J connectivity index is 1.45. The van der Waals surface area contributed by atoms with E-state index >= 15 is 0 Å². The predicted molar refractivity (Wildman–Crippen MR) is 126 cm³/mol. The van der Waals surface area contributed by atoms with Crippen molar-refractivity contribution in [3.63, 3.8) is 0 Å². The molecule has 0 bridgehead atoms. The fraction of sp³-hybridized carbons (Fsp3) is 0.0800. The number of hydrogen-bond donors (Lipinski definition) is 2. The molecule has 4 aromatic carbocycles. The van der Waals surface area contributed by atoms with Crippen molar-refractivity contribution in [3.05, 3.63) is 97.1 Å². The summed E-state index contributed by atoms with van der Waals surface area (Å²) in [5.41, 5.74) is 0.981. The maximum atomic E-state index is 12.9. The summed E-state index contributed by atoms with van der Waals surface area (Å²) in [6.45, 7) is 1.65. The summed E-state index contributed by atoms with van der Waals surface area (Å²) in [5.74, 6) is 0.259. The second-order valence-corrected chi connectivity index (χ2v) is 8.90. The van der Waals surface area contributed by atoms with Crippen LogP contribution in [0.2, 0.25) is 0 Å². The molecule has 32 heavy (non-hydrogen) atoms. The second kappa shape index (κ2) is 9.11. The molecule has 0 heterocycles. The largest absolute Gasteiger partial charge is 0.481 e. The van der Waals surface area contributed by atoms with E-state index in [1.807, 2.05) is 48.5 Å². The molecular formula is C25H22N2O4S. The molecule has 6 nitrogen and oxygen atoms in total. The number of nitrogens with one attached hydrogen (secondary N) is 2. The van der Waals surface area contributed by atoms with E-state index in [1.165, 1.54) is 12.1 Å². The van der Waals surface area contributed by atoms with Gasteiger partial charge in [0.05, 0.1) is 10.6 Å². The van der Waals surface area contributed by atoms with E-state index in [-0.39, 0.29) is 10.8 Å². The third kappa shape index (κ3) is 4.90. The third-order valence-corrected chi connectivity index (χ3v) is 6.27. The number of carbonyl (C=O) groups is 1. The van der Waals surface area contributed by atoms with E-state index in [9.17, 15) is 13.2 Å². The lowest BCUT2D eigenvalue weighted by Crippen LogP contribution is -2.30. The van der Waals surface area contributed by atoms with Crippen LogP contribution in [-0.2, 0) is 14.8 Å². The molecule has 4 rings (SSSR count). The molecule has 4 aromatic rings. The summed E-state index contributed by atoms with van der Waals surface area (Å²) in [6.07, 6.45) is -0.714. The van der Waals surface area contributed by atoms with Crippen molar-refractivity contribution < 1.29 is 17.9 Å². The topological polar surface area (TPSA) is 84.5 Å². The molecule has 0 spiro atoms. The summed E-state index contributed by atoms with van der Waals surface area (Å²) in [4.78, 5) is 12.5. The summed E-state index contributed by atoms with van der Waals surface area (Å²) in [6, 6.07) is 28.1. The predicted octanol–water partition coefficient (Wildman–Crippen LogP) is 5.05. The zero-order valence-electron chi connectivity index (χ0n) is 17.4. The molecule has 1 amide bonds. The molecular weight excluding hydrogens is 424 g/mol. The minimum absolute atomic E-state index is 0.0945. The molecule has 0 radical (unpaired) electrons. The molecule has 0 saturated carbocycles. The van der Waals surface area contributed by atoms with E-state index in [4.69, 9.17) is 4.74 Å². The van der Waals surface area contributed by atoms with Gasteiger partial charge in [0.2, 0.25) is 0 Å². The number of ether oxygens (including phenoxy) is 1. The van der Waals surface area contributed by atoms with Gasteiger partial charge >= 0.3 is 0 Å². The molecule has 1 atom stereocenters. The highest BCUT2D eigenvalue weighted by atomic mass is 32.2. The Hall–Kier alpha value is -3.84. The summed E-state index contributed by atoms with van der Waals surface area (Å²) < 4.78 is 34.0. The maximum Gasteiger partial charge on any atom is 0.265 e. The quantitative estimate of drug-likeness (QED) is 0.416. The number of anilines is 2. The lowest BCUT2D eigenvalue weighted by atomic mass is 10.1. The van der Waals surface area contributed by atoms with Crippen LogP contribution in [0.4, 0.5) is 11.4 Å². The number of carbonyl (C=O) groups excluding carboxylic acids is 1. The van der Waals surface area contributed by atoms with Gasteiger partial charge < -0.3 is 10.1 Å². The van der Waals surface area contributed by atoms with Gasteiger partial charge in [-0.15, -0.1) is 0 Å². The van der Waals surface area contributed by atoms with E-state index in [0.29, 0.717) is 17.1 Å². The van der Waals surface area contributed by atoms with Crippen molar-refractivity contribution in [1.82, 2.24) is 0 Å². The highest BCUT2D eigenvalue weighted by Crippen LogP contribution is 2.26. The minimum atomic E-state index is -3.79. The first-order valence-corrected chi connectivity index (χ1v) is 11.5. The fourth-order valence-electron chi connectivity index (χ4n) is 3.24. The van der Waals surface area contributed by atoms with Crippen molar-refractivity contribution in [2.75, 3.05) is 10.0 Å². The standard InChI is InChI=1S/C25H22N2O4S/c1-18(31-21-10-3-2-4-11-21)25(28)26-20-14-16-22(17-15-20)32(29,30)27-24-13-7-9-19-8-5-6-12-23(19)24/h2-18,27H,1H3,(H,26,28)/t18-/m1/s1. The summed E-state index contributed by atoms with van der Waals surface area (Å²) in [7, 11) is -3.79. The number of benzene rings is 4. The van der Waals surface area contributed by atoms with Crippen LogP contribution in [0.15, 0.2) is 102 Å². The van der Waals surface area contributed by atoms with Gasteiger partial charge in [-0.05, 0) is 54.8 Å². The first-order valence-electron chi connectivity index (χ1n) is 10.1. The van der Waals surface area contributed by atoms with Gasteiger partial charge in [-0.2, -0.15) is 0 Å². The monoisotopic (exact) mass is 446 g/mol. The molecule has 0 aromatic heterocycles. The Labute approximate surface area is 186 Å². The summed E-state index contributed by atoms with van der Waals surface area (Å²) >= 11 is 0. The van der Waals surface area contributed by atoms with Gasteiger partial charge in [-0.3, -0.25) is 9.52 Å². The van der Waals surface area contributed by atoms with E-state index in [1.54, 1.807) is 43.3 Å². The fourth-order valence-corrected chi connectivity index (χ4v) is 4.32. The normalized spacial score (nSPS) is 12.2. The molecule has 0 aliphatic carbocycles. The van der Waals surface area contributed by atoms with Crippen molar-refractivity contribution in [3.8, 4) is 5.75 Å². The Morgan fingerprint density at radius 1 is 0.812 bits per heavy atom. The molecule has 7 heteroatoms. The number of rotatable bonds is 7. The van der Waals surface area contributed by atoms with Gasteiger partial charge in [-0.1, -0.05) is 54.6 Å². The number of sulfonamides is 1. The first-order chi connectivity index (χ1) is 15.4. The smallest absolute Gasteiger partial charge is 0.265 e. The third-order valence-electron chi connectivity index (χ3n) is 4.89. The van der Waals surface area contributed by atoms with E-state index < -0.39 is 16.1 Å². The van der Waals surface area contributed by atoms with Crippen LogP contribution in [0, 0.1) is 0 Å². The first kappa shape index (κ1) is 21.4. The van der Waals surface area contributed by atoms with E-state index in [0.717, 1.165) is 10.8 Å². The van der Waals surface area contributed by atoms with Crippen LogP contribution in [0.5, 0.6) is 5.75 Å². The van der Waals surface area contributed by atoms with Crippen molar-refractivity contribution in [2.24, 2.45) is 0 Å². The van der Waals surface area contributed by atoms with Gasteiger partial charge in [0.25, 0.3) is 15.9 Å². The zero-order valence-corrected chi connectivity index (χ0v) is 18.2. The van der Waals surface area contributed by atoms with Crippen molar-refractivity contribution in [2.45, 2.75) is 17.9 Å². The van der Waals surface area contributed by atoms with Gasteiger partial charge in [0.1, 0.15) is 5.75 Å². The second-order valence-electron chi connectivity index (χ2n) is 7.22. The van der Waals surface area contributed by atoms with Crippen LogP contribution in [0.1, 0.15) is 6.92 Å². The zero-order chi connectivity index (χ0) is 22.6. The average molecular weight is 447 g/mol. The van der Waals surface area contributed by atoms with Crippen LogP contribution in [0.3, 0.4) is 0 Å². The average Bonchev–Trinajstić information content (AvgIpc) is 2.80. The number of amides is 1. The molecule has 2 N–H and O–H groups in total. The molecule has 0 aliphatic heterocycles. The summed E-state index contributed by atoms with van der Waals surface area (Å²) in [5, 5.41) is 4.49. The van der Waals surface area contributed by atoms with Gasteiger partial charge in [0, 0.05) is 11.1 Å². The highest BCUT2D eigenvalue weighted by molar-refractivity contribution is 7.92. The number of hydrogen-bond acceptors (Lipinski definition) is 4. The number of fused-ring (bicyclic) bond motifs is 1. The molecule has 0 fully saturated rings. The molecule has 162 valence electrons. The Morgan fingerprint density at radius 3 is 2.22 bits per heavy atom. The number of para-hydroxylation sites is 1. The Kier molecular flexibility index (Phi) is 6.09. The van der Waals surface area contributed by atoms with Gasteiger partial charge in [-0.25, -0.2) is 8.42 Å². The SMILES string of the molecule is C[C@@H](Oc1ccccc1)C(=O)Nc1ccc(S(=O)(=O)Nc2cccc3ccccc23)cc1. The Morgan fingerprint density at radius 2 is 1.47 bits per heavy atom. The van der Waals surface area contributed by atoms with Crippen LogP contribution >= 0.6 is 0 Å². The minimum Gasteiger partial charge on any atom is -0.481 e. The Bertz CT molecular complexity index is 1330. The van der Waals surface area contributed by atoms with Crippen molar-refractivity contribution in [1.29, 1.82) is 0 Å². The maximum absolute atomic E-state index is 12.9. The van der Waals surface area contributed by atoms with E-state index in [2.05, 4.69) is 10.0 Å². The lowest BCUT2D eigenvalue weighted by Gasteiger charge is -2.15. The van der Waals surface area contributed by atoms with Gasteiger partial charge in [0.15, 0.2) is 6.10 Å². The van der Waals surface area contributed by atoms with Crippen molar-refractivity contribution >= 4 is 38.1 Å². The lowest BCUT2D eigenvalue weighted by molar-refractivity contribution is -0.122. The molecule has 0 saturated heterocycles. The van der Waals surface area contributed by atoms with Crippen LogP contribution in [-0.4, -0.2) is 20.4 Å². The molecule has 0 aliphatic rings. The van der Waals surface area contributed by atoms with Crippen LogP contribution in [0.25, 0.3) is 10.8 Å².